The van der Waals surface area contributed by atoms with E-state index in [1.165, 1.54) is 12.1 Å². The first-order valence-electron chi connectivity index (χ1n) is 10.6. The van der Waals surface area contributed by atoms with Crippen LogP contribution in [-0.4, -0.2) is 38.6 Å². The van der Waals surface area contributed by atoms with Gasteiger partial charge in [-0.2, -0.15) is 0 Å². The number of hydrogen-bond donors (Lipinski definition) is 0. The molecule has 2 aliphatic rings. The fraction of sp³-hybridized carbons (Fsp3) is 0.417. The minimum atomic E-state index is 0.121. The van der Waals surface area contributed by atoms with Gasteiger partial charge in [0.05, 0.1) is 6.04 Å². The van der Waals surface area contributed by atoms with Gasteiger partial charge in [-0.05, 0) is 43.2 Å². The first-order valence-corrected chi connectivity index (χ1v) is 10.6. The van der Waals surface area contributed by atoms with Crippen LogP contribution in [0.3, 0.4) is 0 Å². The molecule has 0 bridgehead atoms. The Bertz CT molecular complexity index is 926. The molecule has 2 fully saturated rings. The van der Waals surface area contributed by atoms with Crippen molar-refractivity contribution in [3.63, 3.8) is 0 Å². The Labute approximate surface area is 172 Å². The van der Waals surface area contributed by atoms with Crippen molar-refractivity contribution < 1.29 is 4.74 Å². The topological polar surface area (TPSA) is 43.2 Å². The minimum absolute atomic E-state index is 0.121. The van der Waals surface area contributed by atoms with Crippen LogP contribution >= 0.6 is 0 Å². The highest BCUT2D eigenvalue weighted by Crippen LogP contribution is 2.43. The number of fused-ring (bicyclic) bond motifs is 1. The molecule has 0 spiro atoms. The minimum Gasteiger partial charge on any atom is -0.472 e. The van der Waals surface area contributed by atoms with Crippen LogP contribution in [0.25, 0.3) is 0 Å². The number of benzene rings is 1. The molecule has 29 heavy (non-hydrogen) atoms. The summed E-state index contributed by atoms with van der Waals surface area (Å²) in [6, 6.07) is 17.0. The van der Waals surface area contributed by atoms with Crippen molar-refractivity contribution in [1.29, 1.82) is 0 Å². The number of rotatable bonds is 5. The van der Waals surface area contributed by atoms with Crippen molar-refractivity contribution in [3.05, 3.63) is 78.5 Å². The van der Waals surface area contributed by atoms with Crippen molar-refractivity contribution in [2.24, 2.45) is 11.8 Å². The van der Waals surface area contributed by atoms with Crippen LogP contribution in [0.1, 0.15) is 30.3 Å². The second-order valence-corrected chi connectivity index (χ2v) is 8.44. The number of likely N-dealkylation sites (tertiary alicyclic amines) is 1. The second-order valence-electron chi connectivity index (χ2n) is 8.44. The van der Waals surface area contributed by atoms with Gasteiger partial charge in [0.25, 0.3) is 0 Å². The van der Waals surface area contributed by atoms with E-state index in [1.807, 2.05) is 24.4 Å². The van der Waals surface area contributed by atoms with Gasteiger partial charge in [-0.25, -0.2) is 9.97 Å². The summed E-state index contributed by atoms with van der Waals surface area (Å²) in [4.78, 5) is 11.5. The molecule has 0 N–H and O–H groups in total. The highest BCUT2D eigenvalue weighted by atomic mass is 16.5. The monoisotopic (exact) mass is 388 g/mol. The van der Waals surface area contributed by atoms with E-state index < -0.39 is 0 Å². The van der Waals surface area contributed by atoms with Gasteiger partial charge in [0.1, 0.15) is 11.9 Å². The molecule has 1 saturated carbocycles. The molecule has 1 aliphatic heterocycles. The maximum atomic E-state index is 6.43. The van der Waals surface area contributed by atoms with Gasteiger partial charge < -0.3 is 9.30 Å². The number of pyridine rings is 1. The van der Waals surface area contributed by atoms with Gasteiger partial charge >= 0.3 is 0 Å². The molecule has 150 valence electrons. The molecule has 1 saturated heterocycles. The molecule has 1 aliphatic carbocycles. The molecule has 0 unspecified atom stereocenters. The highest BCUT2D eigenvalue weighted by molar-refractivity contribution is 5.15. The Hall–Kier alpha value is -2.66. The number of aryl methyl sites for hydroxylation is 1. The van der Waals surface area contributed by atoms with Gasteiger partial charge in [0.2, 0.25) is 5.88 Å². The third-order valence-electron chi connectivity index (χ3n) is 6.54. The lowest BCUT2D eigenvalue weighted by atomic mass is 9.77. The van der Waals surface area contributed by atoms with Crippen molar-refractivity contribution >= 4 is 0 Å². The lowest BCUT2D eigenvalue weighted by Gasteiger charge is -2.38. The molecule has 5 rings (SSSR count). The van der Waals surface area contributed by atoms with Gasteiger partial charge in [0.15, 0.2) is 0 Å². The van der Waals surface area contributed by atoms with Crippen LogP contribution in [0.4, 0.5) is 0 Å². The van der Waals surface area contributed by atoms with Gasteiger partial charge in [0, 0.05) is 44.3 Å². The zero-order valence-electron chi connectivity index (χ0n) is 16.9. The predicted molar refractivity (Wildman–Crippen MR) is 113 cm³/mol. The van der Waals surface area contributed by atoms with Crippen LogP contribution in [0.15, 0.2) is 67.1 Å². The highest BCUT2D eigenvalue weighted by Gasteiger charge is 2.44. The molecule has 5 nitrogen and oxygen atoms in total. The van der Waals surface area contributed by atoms with Crippen LogP contribution in [0.2, 0.25) is 0 Å². The van der Waals surface area contributed by atoms with Crippen LogP contribution in [0.5, 0.6) is 5.88 Å². The van der Waals surface area contributed by atoms with E-state index in [0.717, 1.165) is 37.6 Å². The van der Waals surface area contributed by atoms with Crippen molar-refractivity contribution in [2.45, 2.75) is 38.5 Å². The SMILES string of the molecule is Cc1nccn1[C@H]1C[C@H]2CN(Cc3ccccc3)C[C@H]2C[C@@H]1Oc1ccccn1. The van der Waals surface area contributed by atoms with Crippen molar-refractivity contribution in [1.82, 2.24) is 19.4 Å². The maximum Gasteiger partial charge on any atom is 0.213 e. The fourth-order valence-electron chi connectivity index (χ4n) is 5.19. The average molecular weight is 389 g/mol. The Morgan fingerprint density at radius 2 is 1.72 bits per heavy atom. The largest absolute Gasteiger partial charge is 0.472 e. The summed E-state index contributed by atoms with van der Waals surface area (Å²) in [7, 11) is 0. The number of imidazole rings is 1. The van der Waals surface area contributed by atoms with Gasteiger partial charge in [-0.3, -0.25) is 4.90 Å². The molecule has 3 aromatic rings. The smallest absolute Gasteiger partial charge is 0.213 e. The Morgan fingerprint density at radius 1 is 0.931 bits per heavy atom. The van der Waals surface area contributed by atoms with Crippen LogP contribution in [-0.2, 0) is 6.54 Å². The summed E-state index contributed by atoms with van der Waals surface area (Å²) in [6.45, 7) is 5.44. The Kier molecular flexibility index (Phi) is 5.06. The first-order chi connectivity index (χ1) is 14.3. The van der Waals surface area contributed by atoms with E-state index >= 15 is 0 Å². The van der Waals surface area contributed by atoms with E-state index in [9.17, 15) is 0 Å². The number of hydrogen-bond acceptors (Lipinski definition) is 4. The molecular formula is C24H28N4O. The van der Waals surface area contributed by atoms with E-state index in [4.69, 9.17) is 4.74 Å². The molecule has 1 aromatic carbocycles. The predicted octanol–water partition coefficient (Wildman–Crippen LogP) is 4.12. The summed E-state index contributed by atoms with van der Waals surface area (Å²) in [6.07, 6.45) is 8.12. The second kappa shape index (κ2) is 7.99. The zero-order chi connectivity index (χ0) is 19.6. The quantitative estimate of drug-likeness (QED) is 0.660. The number of ether oxygens (including phenoxy) is 1. The zero-order valence-corrected chi connectivity index (χ0v) is 16.9. The summed E-state index contributed by atoms with van der Waals surface area (Å²) in [5.74, 6) is 3.15. The third-order valence-corrected chi connectivity index (χ3v) is 6.54. The third kappa shape index (κ3) is 3.92. The molecule has 0 amide bonds. The van der Waals surface area contributed by atoms with Gasteiger partial charge in [-0.15, -0.1) is 0 Å². The Balaban J connectivity index is 1.35. The van der Waals surface area contributed by atoms with E-state index in [0.29, 0.717) is 17.9 Å². The standard InChI is InChI=1S/C24H28N4O/c1-18-25-11-12-28(18)22-13-20-16-27(15-19-7-3-2-4-8-19)17-21(20)14-23(22)29-24-9-5-6-10-26-24/h2-12,20-23H,13-17H2,1H3/t20-,21+,22-,23-/m0/s1. The molecular weight excluding hydrogens is 360 g/mol. The fourth-order valence-corrected chi connectivity index (χ4v) is 5.19. The molecule has 3 heterocycles. The number of nitrogens with zero attached hydrogens (tertiary/aromatic N) is 4. The molecule has 0 radical (unpaired) electrons. The maximum absolute atomic E-state index is 6.43. The van der Waals surface area contributed by atoms with Crippen LogP contribution in [0, 0.1) is 18.8 Å². The molecule has 5 heteroatoms. The summed E-state index contributed by atoms with van der Waals surface area (Å²) >= 11 is 0. The van der Waals surface area contributed by atoms with E-state index in [1.54, 1.807) is 6.20 Å². The first kappa shape index (κ1) is 18.4. The molecule has 4 atom stereocenters. The van der Waals surface area contributed by atoms with E-state index in [-0.39, 0.29) is 6.10 Å². The Morgan fingerprint density at radius 3 is 2.45 bits per heavy atom. The van der Waals surface area contributed by atoms with Crippen LogP contribution < -0.4 is 4.74 Å². The van der Waals surface area contributed by atoms with Crippen molar-refractivity contribution in [3.8, 4) is 5.88 Å². The summed E-state index contributed by atoms with van der Waals surface area (Å²) in [5, 5.41) is 0. The molecule has 2 aromatic heterocycles. The van der Waals surface area contributed by atoms with Gasteiger partial charge in [-0.1, -0.05) is 36.4 Å². The van der Waals surface area contributed by atoms with E-state index in [2.05, 4.69) is 62.9 Å². The normalized spacial score (nSPS) is 26.9. The van der Waals surface area contributed by atoms with Crippen molar-refractivity contribution in [2.75, 3.05) is 13.1 Å². The lowest BCUT2D eigenvalue weighted by molar-refractivity contribution is 0.0504. The summed E-state index contributed by atoms with van der Waals surface area (Å²) in [5.41, 5.74) is 1.40. The summed E-state index contributed by atoms with van der Waals surface area (Å²) < 4.78 is 8.74. The average Bonchev–Trinajstić information content (AvgIpc) is 3.34. The lowest BCUT2D eigenvalue weighted by Crippen LogP contribution is -2.40. The number of aromatic nitrogens is 3.